The lowest BCUT2D eigenvalue weighted by Gasteiger charge is -2.07. The van der Waals surface area contributed by atoms with Gasteiger partial charge in [-0.2, -0.15) is 0 Å². The van der Waals surface area contributed by atoms with E-state index < -0.39 is 5.82 Å². The number of benzene rings is 1. The molecule has 18 heavy (non-hydrogen) atoms. The second-order valence-corrected chi connectivity index (χ2v) is 4.45. The summed E-state index contributed by atoms with van der Waals surface area (Å²) in [6.07, 6.45) is 1.54. The number of carbonyl (C=O) groups is 1. The Balaban J connectivity index is 2.30. The van der Waals surface area contributed by atoms with Crippen molar-refractivity contribution in [3.8, 4) is 11.6 Å². The second-order valence-electron chi connectivity index (χ2n) is 3.59. The quantitative estimate of drug-likeness (QED) is 0.805. The maximum Gasteiger partial charge on any atom is 0.233 e. The maximum atomic E-state index is 13.7. The Bertz CT molecular complexity index is 601. The van der Waals surface area contributed by atoms with E-state index in [1.54, 1.807) is 18.3 Å². The first kappa shape index (κ1) is 12.7. The molecule has 0 amide bonds. The first-order chi connectivity index (χ1) is 8.58. The molecule has 0 saturated heterocycles. The number of carbonyl (C=O) groups excluding carboxylic acids is 1. The molecule has 0 aliphatic carbocycles. The molecule has 3 nitrogen and oxygen atoms in total. The summed E-state index contributed by atoms with van der Waals surface area (Å²) in [4.78, 5) is 15.1. The van der Waals surface area contributed by atoms with Crippen LogP contribution in [0.5, 0.6) is 11.6 Å². The van der Waals surface area contributed by atoms with Crippen molar-refractivity contribution < 1.29 is 13.9 Å². The summed E-state index contributed by atoms with van der Waals surface area (Å²) < 4.78 is 19.7. The average Bonchev–Trinajstić information content (AvgIpc) is 2.34. The van der Waals surface area contributed by atoms with Crippen molar-refractivity contribution in [3.05, 3.63) is 52.4 Å². The number of ketones is 1. The van der Waals surface area contributed by atoms with Crippen molar-refractivity contribution in [1.29, 1.82) is 0 Å². The smallest absolute Gasteiger partial charge is 0.233 e. The first-order valence-corrected chi connectivity index (χ1v) is 5.96. The van der Waals surface area contributed by atoms with Gasteiger partial charge in [0.05, 0.1) is 4.47 Å². The molecule has 0 radical (unpaired) electrons. The van der Waals surface area contributed by atoms with Crippen LogP contribution in [0.1, 0.15) is 17.3 Å². The second kappa shape index (κ2) is 5.27. The number of halogens is 2. The van der Waals surface area contributed by atoms with E-state index in [1.807, 2.05) is 0 Å². The number of pyridine rings is 1. The van der Waals surface area contributed by atoms with E-state index in [-0.39, 0.29) is 17.4 Å². The highest BCUT2D eigenvalue weighted by Gasteiger charge is 2.10. The number of hydrogen-bond acceptors (Lipinski definition) is 3. The highest BCUT2D eigenvalue weighted by Crippen LogP contribution is 2.29. The molecule has 0 fully saturated rings. The van der Waals surface area contributed by atoms with Gasteiger partial charge in [-0.1, -0.05) is 0 Å². The number of aromatic nitrogens is 1. The molecule has 5 heteroatoms. The van der Waals surface area contributed by atoms with Crippen molar-refractivity contribution in [1.82, 2.24) is 4.98 Å². The molecule has 1 aromatic carbocycles. The van der Waals surface area contributed by atoms with Crippen LogP contribution < -0.4 is 4.74 Å². The third-order valence-electron chi connectivity index (χ3n) is 2.27. The minimum atomic E-state index is -0.597. The summed E-state index contributed by atoms with van der Waals surface area (Å²) in [6, 6.07) is 7.54. The van der Waals surface area contributed by atoms with Crippen LogP contribution >= 0.6 is 15.9 Å². The van der Waals surface area contributed by atoms with Crippen LogP contribution in [-0.2, 0) is 0 Å². The number of nitrogens with zero attached hydrogens (tertiary/aromatic N) is 1. The van der Waals surface area contributed by atoms with Crippen LogP contribution in [0, 0.1) is 5.82 Å². The van der Waals surface area contributed by atoms with E-state index >= 15 is 0 Å². The molecule has 0 saturated carbocycles. The van der Waals surface area contributed by atoms with Gasteiger partial charge >= 0.3 is 0 Å². The van der Waals surface area contributed by atoms with E-state index in [0.717, 1.165) is 6.07 Å². The Hall–Kier alpha value is -1.75. The molecule has 0 aliphatic rings. The summed E-state index contributed by atoms with van der Waals surface area (Å²) in [5.74, 6) is -0.494. The number of Topliss-reactive ketones (excluding diaryl/α,β-unsaturated/α-hetero) is 1. The standard InChI is InChI=1S/C13H9BrFNO2/c1-8(17)9-4-5-12(11(15)7-9)18-13-10(14)3-2-6-16-13/h2-7H,1H3. The molecule has 0 aliphatic heterocycles. The normalized spacial score (nSPS) is 10.2. The van der Waals surface area contributed by atoms with Crippen molar-refractivity contribution in [2.75, 3.05) is 0 Å². The van der Waals surface area contributed by atoms with Gasteiger partial charge in [-0.05, 0) is 53.2 Å². The van der Waals surface area contributed by atoms with Gasteiger partial charge in [-0.3, -0.25) is 4.79 Å². The lowest BCUT2D eigenvalue weighted by molar-refractivity contribution is 0.101. The van der Waals surface area contributed by atoms with Gasteiger partial charge in [0.15, 0.2) is 17.3 Å². The molecule has 2 rings (SSSR count). The highest BCUT2D eigenvalue weighted by atomic mass is 79.9. The zero-order valence-electron chi connectivity index (χ0n) is 9.48. The minimum absolute atomic E-state index is 0.0272. The van der Waals surface area contributed by atoms with Crippen molar-refractivity contribution >= 4 is 21.7 Å². The third kappa shape index (κ3) is 2.73. The van der Waals surface area contributed by atoms with Crippen LogP contribution in [0.3, 0.4) is 0 Å². The van der Waals surface area contributed by atoms with E-state index in [0.29, 0.717) is 10.0 Å². The van der Waals surface area contributed by atoms with E-state index in [2.05, 4.69) is 20.9 Å². The Morgan fingerprint density at radius 1 is 1.39 bits per heavy atom. The van der Waals surface area contributed by atoms with Gasteiger partial charge < -0.3 is 4.74 Å². The van der Waals surface area contributed by atoms with Crippen molar-refractivity contribution in [3.63, 3.8) is 0 Å². The van der Waals surface area contributed by atoms with Crippen LogP contribution in [0.2, 0.25) is 0 Å². The Morgan fingerprint density at radius 2 is 2.17 bits per heavy atom. The van der Waals surface area contributed by atoms with E-state index in [9.17, 15) is 9.18 Å². The van der Waals surface area contributed by atoms with E-state index in [1.165, 1.54) is 19.1 Å². The Kier molecular flexibility index (Phi) is 3.72. The van der Waals surface area contributed by atoms with Crippen LogP contribution in [0.25, 0.3) is 0 Å². The zero-order chi connectivity index (χ0) is 13.1. The Morgan fingerprint density at radius 3 is 2.78 bits per heavy atom. The molecule has 0 spiro atoms. The predicted octanol–water partition coefficient (Wildman–Crippen LogP) is 3.98. The van der Waals surface area contributed by atoms with Crippen molar-refractivity contribution in [2.24, 2.45) is 0 Å². The lowest BCUT2D eigenvalue weighted by Crippen LogP contribution is -1.96. The average molecular weight is 310 g/mol. The highest BCUT2D eigenvalue weighted by molar-refractivity contribution is 9.10. The third-order valence-corrected chi connectivity index (χ3v) is 2.87. The first-order valence-electron chi connectivity index (χ1n) is 5.17. The fraction of sp³-hybridized carbons (Fsp3) is 0.0769. The summed E-state index contributed by atoms with van der Waals surface area (Å²) in [5.41, 5.74) is 0.305. The van der Waals surface area contributed by atoms with Crippen LogP contribution in [-0.4, -0.2) is 10.8 Å². The van der Waals surface area contributed by atoms with Gasteiger partial charge in [0.1, 0.15) is 0 Å². The summed E-state index contributed by atoms with van der Waals surface area (Å²) in [5, 5.41) is 0. The molecule has 1 heterocycles. The largest absolute Gasteiger partial charge is 0.435 e. The molecule has 2 aromatic rings. The van der Waals surface area contributed by atoms with Gasteiger partial charge in [0.2, 0.25) is 5.88 Å². The summed E-state index contributed by atoms with van der Waals surface area (Å²) in [6.45, 7) is 1.38. The molecule has 0 atom stereocenters. The molecular formula is C13H9BrFNO2. The minimum Gasteiger partial charge on any atom is -0.435 e. The fourth-order valence-electron chi connectivity index (χ4n) is 1.35. The fourth-order valence-corrected chi connectivity index (χ4v) is 1.69. The topological polar surface area (TPSA) is 39.2 Å². The monoisotopic (exact) mass is 309 g/mol. The van der Waals surface area contributed by atoms with Gasteiger partial charge in [0.25, 0.3) is 0 Å². The molecule has 0 N–H and O–H groups in total. The van der Waals surface area contributed by atoms with Crippen LogP contribution in [0.4, 0.5) is 4.39 Å². The van der Waals surface area contributed by atoms with Crippen LogP contribution in [0.15, 0.2) is 41.0 Å². The maximum absolute atomic E-state index is 13.7. The number of rotatable bonds is 3. The summed E-state index contributed by atoms with van der Waals surface area (Å²) in [7, 11) is 0. The van der Waals surface area contributed by atoms with E-state index in [4.69, 9.17) is 4.74 Å². The Labute approximate surface area is 112 Å². The lowest BCUT2D eigenvalue weighted by atomic mass is 10.1. The van der Waals surface area contributed by atoms with Crippen molar-refractivity contribution in [2.45, 2.75) is 6.92 Å². The molecule has 0 bridgehead atoms. The zero-order valence-corrected chi connectivity index (χ0v) is 11.1. The number of ether oxygens (including phenoxy) is 1. The molecule has 0 unspecified atom stereocenters. The van der Waals surface area contributed by atoms with Gasteiger partial charge in [-0.25, -0.2) is 9.37 Å². The number of hydrogen-bond donors (Lipinski definition) is 0. The molecule has 1 aromatic heterocycles. The van der Waals surface area contributed by atoms with Gasteiger partial charge in [-0.15, -0.1) is 0 Å². The molecule has 92 valence electrons. The van der Waals surface area contributed by atoms with Gasteiger partial charge in [0, 0.05) is 11.8 Å². The summed E-state index contributed by atoms with van der Waals surface area (Å²) >= 11 is 3.25. The SMILES string of the molecule is CC(=O)c1ccc(Oc2ncccc2Br)c(F)c1. The molecular weight excluding hydrogens is 301 g/mol. The predicted molar refractivity (Wildman–Crippen MR) is 68.4 cm³/mol.